The SMILES string of the molecule is COc1ccccc1N(C)S(=O)(=O)c1ccc(C)c(C(=O)Nc2ccc(N3CCOCC3)nc2)c1. The first kappa shape index (κ1) is 24.5. The van der Waals surface area contributed by atoms with Gasteiger partial charge in [-0.2, -0.15) is 0 Å². The number of para-hydroxylation sites is 2. The van der Waals surface area contributed by atoms with Crippen LogP contribution in [0.25, 0.3) is 0 Å². The van der Waals surface area contributed by atoms with E-state index in [9.17, 15) is 13.2 Å². The highest BCUT2D eigenvalue weighted by Gasteiger charge is 2.25. The van der Waals surface area contributed by atoms with Gasteiger partial charge in [-0.1, -0.05) is 18.2 Å². The van der Waals surface area contributed by atoms with Crippen LogP contribution in [0.1, 0.15) is 15.9 Å². The van der Waals surface area contributed by atoms with Crippen molar-refractivity contribution < 1.29 is 22.7 Å². The number of hydrogen-bond donors (Lipinski definition) is 1. The van der Waals surface area contributed by atoms with E-state index in [1.807, 2.05) is 6.07 Å². The van der Waals surface area contributed by atoms with Crippen molar-refractivity contribution in [3.8, 4) is 5.75 Å². The Balaban J connectivity index is 1.55. The summed E-state index contributed by atoms with van der Waals surface area (Å²) in [6.07, 6.45) is 1.59. The number of amides is 1. The Morgan fingerprint density at radius 2 is 1.86 bits per heavy atom. The number of rotatable bonds is 7. The van der Waals surface area contributed by atoms with Gasteiger partial charge in [0.15, 0.2) is 0 Å². The Bertz CT molecular complexity index is 1310. The molecule has 0 aliphatic carbocycles. The van der Waals surface area contributed by atoms with E-state index in [0.717, 1.165) is 23.2 Å². The van der Waals surface area contributed by atoms with Crippen LogP contribution in [0.15, 0.2) is 65.7 Å². The smallest absolute Gasteiger partial charge is 0.264 e. The van der Waals surface area contributed by atoms with Crippen LogP contribution in [0, 0.1) is 6.92 Å². The lowest BCUT2D eigenvalue weighted by Gasteiger charge is -2.27. The molecule has 0 spiro atoms. The lowest BCUT2D eigenvalue weighted by Crippen LogP contribution is -2.36. The van der Waals surface area contributed by atoms with Crippen molar-refractivity contribution in [1.29, 1.82) is 0 Å². The Kier molecular flexibility index (Phi) is 7.23. The summed E-state index contributed by atoms with van der Waals surface area (Å²) in [4.78, 5) is 19.6. The van der Waals surface area contributed by atoms with Gasteiger partial charge >= 0.3 is 0 Å². The fourth-order valence-corrected chi connectivity index (χ4v) is 5.05. The molecule has 1 fully saturated rings. The summed E-state index contributed by atoms with van der Waals surface area (Å²) in [5, 5.41) is 2.81. The molecule has 1 aliphatic heterocycles. The first-order valence-corrected chi connectivity index (χ1v) is 12.6. The van der Waals surface area contributed by atoms with Crippen LogP contribution in [-0.4, -0.2) is 59.8 Å². The van der Waals surface area contributed by atoms with Gasteiger partial charge in [-0.25, -0.2) is 13.4 Å². The number of nitrogens with one attached hydrogen (secondary N) is 1. The van der Waals surface area contributed by atoms with Crippen molar-refractivity contribution in [3.05, 3.63) is 71.9 Å². The number of nitrogens with zero attached hydrogens (tertiary/aromatic N) is 3. The molecule has 9 nitrogen and oxygen atoms in total. The topological polar surface area (TPSA) is 101 Å². The Morgan fingerprint density at radius 3 is 2.54 bits per heavy atom. The molecule has 1 aliphatic rings. The zero-order valence-electron chi connectivity index (χ0n) is 19.9. The molecular formula is C25H28N4O5S. The van der Waals surface area contributed by atoms with Crippen LogP contribution in [0.5, 0.6) is 5.75 Å². The maximum atomic E-state index is 13.3. The number of carbonyl (C=O) groups is 1. The summed E-state index contributed by atoms with van der Waals surface area (Å²) in [5.74, 6) is 0.826. The minimum atomic E-state index is -3.94. The minimum absolute atomic E-state index is 0.00227. The number of aromatic nitrogens is 1. The normalized spacial score (nSPS) is 13.9. The Labute approximate surface area is 205 Å². The largest absolute Gasteiger partial charge is 0.495 e. The van der Waals surface area contributed by atoms with E-state index in [-0.39, 0.29) is 10.5 Å². The van der Waals surface area contributed by atoms with Gasteiger partial charge < -0.3 is 19.7 Å². The van der Waals surface area contributed by atoms with Crippen LogP contribution in [0.4, 0.5) is 17.2 Å². The van der Waals surface area contributed by atoms with Gasteiger partial charge in [0.25, 0.3) is 15.9 Å². The van der Waals surface area contributed by atoms with Crippen LogP contribution >= 0.6 is 0 Å². The molecule has 0 bridgehead atoms. The Hall–Kier alpha value is -3.63. The van der Waals surface area contributed by atoms with Gasteiger partial charge in [-0.05, 0) is 48.9 Å². The second-order valence-corrected chi connectivity index (χ2v) is 10.0. The number of sulfonamides is 1. The second-order valence-electron chi connectivity index (χ2n) is 8.08. The molecule has 4 rings (SSSR count). The quantitative estimate of drug-likeness (QED) is 0.536. The number of aryl methyl sites for hydroxylation is 1. The molecular weight excluding hydrogens is 468 g/mol. The van der Waals surface area contributed by atoms with Crippen LogP contribution in [0.2, 0.25) is 0 Å². The van der Waals surface area contributed by atoms with Crippen LogP contribution < -0.4 is 19.3 Å². The van der Waals surface area contributed by atoms with Gasteiger partial charge in [-0.15, -0.1) is 0 Å². The number of ether oxygens (including phenoxy) is 2. The van der Waals surface area contributed by atoms with Crippen LogP contribution in [-0.2, 0) is 14.8 Å². The van der Waals surface area contributed by atoms with E-state index in [2.05, 4.69) is 15.2 Å². The maximum absolute atomic E-state index is 13.3. The number of pyridine rings is 1. The van der Waals surface area contributed by atoms with Crippen molar-refractivity contribution in [2.75, 3.05) is 55.0 Å². The predicted molar refractivity (Wildman–Crippen MR) is 135 cm³/mol. The number of carbonyl (C=O) groups excluding carboxylic acids is 1. The third-order valence-electron chi connectivity index (χ3n) is 5.88. The average Bonchev–Trinajstić information content (AvgIpc) is 2.89. The summed E-state index contributed by atoms with van der Waals surface area (Å²) in [5.41, 5.74) is 1.83. The van der Waals surface area contributed by atoms with E-state index in [1.54, 1.807) is 49.5 Å². The van der Waals surface area contributed by atoms with E-state index < -0.39 is 15.9 Å². The van der Waals surface area contributed by atoms with E-state index in [1.165, 1.54) is 26.3 Å². The van der Waals surface area contributed by atoms with Gasteiger partial charge in [0.2, 0.25) is 0 Å². The highest BCUT2D eigenvalue weighted by Crippen LogP contribution is 2.31. The van der Waals surface area contributed by atoms with Crippen molar-refractivity contribution in [2.45, 2.75) is 11.8 Å². The summed E-state index contributed by atoms with van der Waals surface area (Å²) < 4.78 is 38.5. The number of anilines is 3. The van der Waals surface area contributed by atoms with Crippen molar-refractivity contribution in [2.24, 2.45) is 0 Å². The summed E-state index contributed by atoms with van der Waals surface area (Å²) >= 11 is 0. The first-order chi connectivity index (χ1) is 16.8. The summed E-state index contributed by atoms with van der Waals surface area (Å²) in [6, 6.07) is 15.0. The van der Waals surface area contributed by atoms with Crippen LogP contribution in [0.3, 0.4) is 0 Å². The molecule has 10 heteroatoms. The van der Waals surface area contributed by atoms with Crippen molar-refractivity contribution >= 4 is 33.1 Å². The highest BCUT2D eigenvalue weighted by molar-refractivity contribution is 7.92. The summed E-state index contributed by atoms with van der Waals surface area (Å²) in [6.45, 7) is 4.61. The molecule has 2 aromatic carbocycles. The monoisotopic (exact) mass is 496 g/mol. The molecule has 1 aromatic heterocycles. The molecule has 1 saturated heterocycles. The van der Waals surface area contributed by atoms with Gasteiger partial charge in [-0.3, -0.25) is 9.10 Å². The Morgan fingerprint density at radius 1 is 1.11 bits per heavy atom. The average molecular weight is 497 g/mol. The van der Waals surface area contributed by atoms with E-state index >= 15 is 0 Å². The third-order valence-corrected chi connectivity index (χ3v) is 7.64. The minimum Gasteiger partial charge on any atom is -0.495 e. The van der Waals surface area contributed by atoms with E-state index in [4.69, 9.17) is 9.47 Å². The van der Waals surface area contributed by atoms with Crippen molar-refractivity contribution in [1.82, 2.24) is 4.98 Å². The van der Waals surface area contributed by atoms with Gasteiger partial charge in [0.05, 0.1) is 42.8 Å². The fourth-order valence-electron chi connectivity index (χ4n) is 3.82. The van der Waals surface area contributed by atoms with Gasteiger partial charge in [0.1, 0.15) is 11.6 Å². The third kappa shape index (κ3) is 5.23. The fraction of sp³-hybridized carbons (Fsp3) is 0.280. The molecule has 3 aromatic rings. The maximum Gasteiger partial charge on any atom is 0.264 e. The highest BCUT2D eigenvalue weighted by atomic mass is 32.2. The molecule has 1 N–H and O–H groups in total. The van der Waals surface area contributed by atoms with Gasteiger partial charge in [0, 0.05) is 25.7 Å². The molecule has 2 heterocycles. The second kappa shape index (κ2) is 10.3. The molecule has 184 valence electrons. The summed E-state index contributed by atoms with van der Waals surface area (Å²) in [7, 11) is -1.01. The van der Waals surface area contributed by atoms with Crippen molar-refractivity contribution in [3.63, 3.8) is 0 Å². The molecule has 0 unspecified atom stereocenters. The number of methoxy groups -OCH3 is 1. The molecule has 0 saturated carbocycles. The van der Waals surface area contributed by atoms with E-state index in [0.29, 0.717) is 35.9 Å². The number of hydrogen-bond acceptors (Lipinski definition) is 7. The zero-order valence-corrected chi connectivity index (χ0v) is 20.7. The lowest BCUT2D eigenvalue weighted by atomic mass is 10.1. The number of benzene rings is 2. The lowest BCUT2D eigenvalue weighted by molar-refractivity contribution is 0.102. The first-order valence-electron chi connectivity index (χ1n) is 11.1. The molecule has 0 atom stereocenters. The molecule has 1 amide bonds. The predicted octanol–water partition coefficient (Wildman–Crippen LogP) is 3.31. The zero-order chi connectivity index (χ0) is 25.0. The molecule has 35 heavy (non-hydrogen) atoms. The molecule has 0 radical (unpaired) electrons. The number of morpholine rings is 1. The standard InChI is InChI=1S/C25H28N4O5S/c1-18-8-10-20(35(31,32)28(2)22-6-4-5-7-23(22)33-3)16-21(18)25(30)27-19-9-11-24(26-17-19)29-12-14-34-15-13-29/h4-11,16-17H,12-15H2,1-3H3,(H,27,30).